The lowest BCUT2D eigenvalue weighted by Gasteiger charge is -2.11. The summed E-state index contributed by atoms with van der Waals surface area (Å²) in [4.78, 5) is 24.2. The van der Waals surface area contributed by atoms with E-state index in [0.29, 0.717) is 0 Å². The van der Waals surface area contributed by atoms with Gasteiger partial charge in [-0.15, -0.1) is 0 Å². The molecule has 126 valence electrons. The normalized spacial score (nSPS) is 10.9. The van der Waals surface area contributed by atoms with Crippen LogP contribution in [0.3, 0.4) is 0 Å². The van der Waals surface area contributed by atoms with E-state index in [0.717, 1.165) is 0 Å². The third-order valence-electron chi connectivity index (χ3n) is 3.25. The van der Waals surface area contributed by atoms with Crippen molar-refractivity contribution in [3.63, 3.8) is 0 Å². The van der Waals surface area contributed by atoms with Crippen molar-refractivity contribution in [2.75, 3.05) is 5.75 Å². The quantitative estimate of drug-likeness (QED) is 0.811. The molecule has 0 aliphatic carbocycles. The SMILES string of the molecule is CCS(=O)(=O)c1ccccc1C(=O)NNC(=O)c1ccccc1Cl. The molecule has 2 N–H and O–H groups in total. The Balaban J connectivity index is 2.17. The minimum absolute atomic E-state index is 0.0428. The van der Waals surface area contributed by atoms with E-state index in [2.05, 4.69) is 10.9 Å². The second kappa shape index (κ2) is 7.46. The highest BCUT2D eigenvalue weighted by molar-refractivity contribution is 7.91. The van der Waals surface area contributed by atoms with Gasteiger partial charge < -0.3 is 0 Å². The Hall–Kier alpha value is -2.38. The van der Waals surface area contributed by atoms with Crippen molar-refractivity contribution in [2.45, 2.75) is 11.8 Å². The fourth-order valence-electron chi connectivity index (χ4n) is 1.97. The van der Waals surface area contributed by atoms with Crippen LogP contribution in [0.25, 0.3) is 0 Å². The number of carbonyl (C=O) groups is 2. The molecule has 0 radical (unpaired) electrons. The van der Waals surface area contributed by atoms with Gasteiger partial charge in [-0.25, -0.2) is 8.42 Å². The Morgan fingerprint density at radius 1 is 0.917 bits per heavy atom. The number of amides is 2. The van der Waals surface area contributed by atoms with E-state index < -0.39 is 21.7 Å². The van der Waals surface area contributed by atoms with Crippen LogP contribution in [0, 0.1) is 0 Å². The van der Waals surface area contributed by atoms with Crippen molar-refractivity contribution in [3.8, 4) is 0 Å². The van der Waals surface area contributed by atoms with Gasteiger partial charge in [0.25, 0.3) is 11.8 Å². The molecule has 0 heterocycles. The van der Waals surface area contributed by atoms with Gasteiger partial charge >= 0.3 is 0 Å². The second-order valence-electron chi connectivity index (χ2n) is 4.79. The molecular weight excluding hydrogens is 352 g/mol. The van der Waals surface area contributed by atoms with E-state index >= 15 is 0 Å². The Morgan fingerprint density at radius 2 is 1.42 bits per heavy atom. The summed E-state index contributed by atoms with van der Waals surface area (Å²) in [6.07, 6.45) is 0. The lowest BCUT2D eigenvalue weighted by atomic mass is 10.2. The van der Waals surface area contributed by atoms with Gasteiger partial charge in [-0.1, -0.05) is 42.8 Å². The zero-order chi connectivity index (χ0) is 17.7. The average molecular weight is 367 g/mol. The molecule has 0 saturated carbocycles. The molecule has 0 aromatic heterocycles. The molecule has 2 rings (SSSR count). The maximum absolute atomic E-state index is 12.2. The highest BCUT2D eigenvalue weighted by atomic mass is 35.5. The molecule has 0 fully saturated rings. The van der Waals surface area contributed by atoms with Crippen LogP contribution in [-0.4, -0.2) is 26.0 Å². The maximum Gasteiger partial charge on any atom is 0.271 e. The molecule has 2 aromatic rings. The van der Waals surface area contributed by atoms with Crippen LogP contribution in [0.2, 0.25) is 5.02 Å². The van der Waals surface area contributed by atoms with Gasteiger partial charge in [0.2, 0.25) is 0 Å². The van der Waals surface area contributed by atoms with E-state index in [1.54, 1.807) is 24.3 Å². The molecule has 0 bridgehead atoms. The van der Waals surface area contributed by atoms with Crippen LogP contribution >= 0.6 is 11.6 Å². The first-order valence-electron chi connectivity index (χ1n) is 7.04. The second-order valence-corrected chi connectivity index (χ2v) is 7.44. The zero-order valence-electron chi connectivity index (χ0n) is 12.7. The van der Waals surface area contributed by atoms with Gasteiger partial charge in [0.1, 0.15) is 0 Å². The van der Waals surface area contributed by atoms with Crippen molar-refractivity contribution < 1.29 is 18.0 Å². The summed E-state index contributed by atoms with van der Waals surface area (Å²) in [7, 11) is -3.57. The van der Waals surface area contributed by atoms with Crippen molar-refractivity contribution in [1.29, 1.82) is 0 Å². The molecule has 8 heteroatoms. The fourth-order valence-corrected chi connectivity index (χ4v) is 3.29. The molecule has 6 nitrogen and oxygen atoms in total. The van der Waals surface area contributed by atoms with Crippen molar-refractivity contribution in [1.82, 2.24) is 10.9 Å². The first kappa shape index (κ1) is 18.0. The third-order valence-corrected chi connectivity index (χ3v) is 5.37. The molecular formula is C16H15ClN2O4S. The van der Waals surface area contributed by atoms with E-state index in [1.165, 1.54) is 31.2 Å². The van der Waals surface area contributed by atoms with E-state index in [9.17, 15) is 18.0 Å². The summed E-state index contributed by atoms with van der Waals surface area (Å²) >= 11 is 5.90. The number of rotatable bonds is 4. The molecule has 0 unspecified atom stereocenters. The largest absolute Gasteiger partial charge is 0.271 e. The van der Waals surface area contributed by atoms with E-state index in [1.807, 2.05) is 0 Å². The number of nitrogens with one attached hydrogen (secondary N) is 2. The third kappa shape index (κ3) is 3.93. The molecule has 24 heavy (non-hydrogen) atoms. The summed E-state index contributed by atoms with van der Waals surface area (Å²) in [5.41, 5.74) is 4.56. The average Bonchev–Trinajstić information content (AvgIpc) is 2.59. The summed E-state index contributed by atoms with van der Waals surface area (Å²) in [6, 6.07) is 12.1. The predicted molar refractivity (Wildman–Crippen MR) is 90.6 cm³/mol. The van der Waals surface area contributed by atoms with Crippen molar-refractivity contribution >= 4 is 33.3 Å². The number of hydrogen-bond acceptors (Lipinski definition) is 4. The van der Waals surface area contributed by atoms with Gasteiger partial charge in [-0.05, 0) is 24.3 Å². The zero-order valence-corrected chi connectivity index (χ0v) is 14.3. The van der Waals surface area contributed by atoms with Gasteiger partial charge in [0.05, 0.1) is 26.8 Å². The highest BCUT2D eigenvalue weighted by Gasteiger charge is 2.21. The molecule has 0 aliphatic rings. The summed E-state index contributed by atoms with van der Waals surface area (Å²) in [6.45, 7) is 1.49. The van der Waals surface area contributed by atoms with Crippen LogP contribution < -0.4 is 10.9 Å². The number of carbonyl (C=O) groups excluding carboxylic acids is 2. The van der Waals surface area contributed by atoms with Gasteiger partial charge in [0.15, 0.2) is 9.84 Å². The Morgan fingerprint density at radius 3 is 2.00 bits per heavy atom. The molecule has 0 spiro atoms. The van der Waals surface area contributed by atoms with E-state index in [-0.39, 0.29) is 26.8 Å². The number of benzene rings is 2. The smallest absolute Gasteiger partial charge is 0.267 e. The molecule has 0 atom stereocenters. The van der Waals surface area contributed by atoms with Crippen LogP contribution in [-0.2, 0) is 9.84 Å². The monoisotopic (exact) mass is 366 g/mol. The van der Waals surface area contributed by atoms with Gasteiger partial charge in [-0.3, -0.25) is 20.4 Å². The minimum Gasteiger partial charge on any atom is -0.267 e. The first-order valence-corrected chi connectivity index (χ1v) is 9.07. The van der Waals surface area contributed by atoms with Crippen LogP contribution in [0.4, 0.5) is 0 Å². The van der Waals surface area contributed by atoms with Gasteiger partial charge in [-0.2, -0.15) is 0 Å². The van der Waals surface area contributed by atoms with E-state index in [4.69, 9.17) is 11.6 Å². The van der Waals surface area contributed by atoms with Crippen molar-refractivity contribution in [2.24, 2.45) is 0 Å². The number of halogens is 1. The number of sulfone groups is 1. The highest BCUT2D eigenvalue weighted by Crippen LogP contribution is 2.17. The van der Waals surface area contributed by atoms with Gasteiger partial charge in [0, 0.05) is 0 Å². The number of hydrazine groups is 1. The number of hydrogen-bond donors (Lipinski definition) is 2. The summed E-state index contributed by atoms with van der Waals surface area (Å²) in [5.74, 6) is -1.48. The van der Waals surface area contributed by atoms with Crippen molar-refractivity contribution in [3.05, 3.63) is 64.7 Å². The molecule has 2 aromatic carbocycles. The fraction of sp³-hybridized carbons (Fsp3) is 0.125. The first-order chi connectivity index (χ1) is 11.4. The molecule has 0 aliphatic heterocycles. The maximum atomic E-state index is 12.2. The lowest BCUT2D eigenvalue weighted by Crippen LogP contribution is -2.42. The summed E-state index contributed by atoms with van der Waals surface area (Å²) < 4.78 is 24.1. The Bertz CT molecular complexity index is 881. The predicted octanol–water partition coefficient (Wildman–Crippen LogP) is 2.21. The minimum atomic E-state index is -3.57. The topological polar surface area (TPSA) is 92.3 Å². The standard InChI is InChI=1S/C16H15ClN2O4S/c1-2-24(22,23)14-10-6-4-8-12(14)16(21)19-18-15(20)11-7-3-5-9-13(11)17/h3-10H,2H2,1H3,(H,18,20)(H,19,21). The van der Waals surface area contributed by atoms with Crippen LogP contribution in [0.5, 0.6) is 0 Å². The molecule has 2 amide bonds. The Kier molecular flexibility index (Phi) is 5.58. The van der Waals surface area contributed by atoms with Crippen LogP contribution in [0.1, 0.15) is 27.6 Å². The Labute approximate surface area is 144 Å². The molecule has 0 saturated heterocycles. The van der Waals surface area contributed by atoms with Crippen LogP contribution in [0.15, 0.2) is 53.4 Å². The summed E-state index contributed by atoms with van der Waals surface area (Å²) in [5, 5.41) is 0.234. The lowest BCUT2D eigenvalue weighted by molar-refractivity contribution is 0.0845.